The minimum atomic E-state index is -4.35. The summed E-state index contributed by atoms with van der Waals surface area (Å²) in [6.45, 7) is 6.49. The Morgan fingerprint density at radius 2 is 1.76 bits per heavy atom. The average Bonchev–Trinajstić information content (AvgIpc) is 3.21. The van der Waals surface area contributed by atoms with Crippen molar-refractivity contribution >= 4 is 35.6 Å². The standard InChI is InChI=1S/C22H28F3N7.HI/c1-4-31(5-2)18(16-9-11-17(12-10-16)22(23,24)25)14-27-21(26-3)28-15-20-30-29-19-8-6-7-13-32(19)20;/h6-13,18H,4-5,14-15H2,1-3H3,(H2,26,27,28);1H. The van der Waals surface area contributed by atoms with Crippen LogP contribution in [0.4, 0.5) is 13.2 Å². The van der Waals surface area contributed by atoms with Crippen LogP contribution in [-0.2, 0) is 12.7 Å². The summed E-state index contributed by atoms with van der Waals surface area (Å²) in [6.07, 6.45) is -2.46. The zero-order valence-electron chi connectivity index (χ0n) is 18.8. The summed E-state index contributed by atoms with van der Waals surface area (Å²) in [4.78, 5) is 6.45. The van der Waals surface area contributed by atoms with E-state index in [-0.39, 0.29) is 30.0 Å². The summed E-state index contributed by atoms with van der Waals surface area (Å²) in [5, 5.41) is 14.8. The number of guanidine groups is 1. The number of fused-ring (bicyclic) bond motifs is 1. The van der Waals surface area contributed by atoms with Gasteiger partial charge in [-0.2, -0.15) is 13.2 Å². The first-order valence-electron chi connectivity index (χ1n) is 10.5. The normalized spacial score (nSPS) is 13.1. The topological polar surface area (TPSA) is 69.8 Å². The van der Waals surface area contributed by atoms with Crippen LogP contribution in [0.1, 0.15) is 36.8 Å². The zero-order chi connectivity index (χ0) is 23.1. The van der Waals surface area contributed by atoms with E-state index >= 15 is 0 Å². The molecule has 3 rings (SSSR count). The quantitative estimate of drug-likeness (QED) is 0.241. The van der Waals surface area contributed by atoms with E-state index in [1.54, 1.807) is 19.2 Å². The second-order valence-corrected chi connectivity index (χ2v) is 7.21. The van der Waals surface area contributed by atoms with Gasteiger partial charge in [-0.1, -0.05) is 32.0 Å². The molecule has 0 aliphatic heterocycles. The number of benzene rings is 1. The van der Waals surface area contributed by atoms with Gasteiger partial charge in [0, 0.05) is 19.8 Å². The average molecular weight is 575 g/mol. The monoisotopic (exact) mass is 575 g/mol. The van der Waals surface area contributed by atoms with Gasteiger partial charge < -0.3 is 10.6 Å². The van der Waals surface area contributed by atoms with Crippen molar-refractivity contribution in [3.05, 3.63) is 65.6 Å². The molecule has 0 aliphatic rings. The predicted octanol–water partition coefficient (Wildman–Crippen LogP) is 4.11. The largest absolute Gasteiger partial charge is 0.416 e. The van der Waals surface area contributed by atoms with E-state index in [2.05, 4.69) is 30.7 Å². The fourth-order valence-corrected chi connectivity index (χ4v) is 3.60. The van der Waals surface area contributed by atoms with Crippen LogP contribution in [0, 0.1) is 0 Å². The second-order valence-electron chi connectivity index (χ2n) is 7.21. The zero-order valence-corrected chi connectivity index (χ0v) is 21.1. The van der Waals surface area contributed by atoms with Crippen LogP contribution in [0.5, 0.6) is 0 Å². The van der Waals surface area contributed by atoms with Crippen LogP contribution in [0.15, 0.2) is 53.7 Å². The molecule has 180 valence electrons. The Kier molecular flexibility index (Phi) is 9.89. The number of halogens is 4. The molecule has 0 spiro atoms. The molecule has 11 heteroatoms. The molecule has 0 aliphatic carbocycles. The van der Waals surface area contributed by atoms with E-state index < -0.39 is 11.7 Å². The number of hydrogen-bond acceptors (Lipinski definition) is 4. The molecule has 0 amide bonds. The van der Waals surface area contributed by atoms with Crippen molar-refractivity contribution in [2.75, 3.05) is 26.7 Å². The van der Waals surface area contributed by atoms with Gasteiger partial charge in [0.15, 0.2) is 17.4 Å². The van der Waals surface area contributed by atoms with Crippen molar-refractivity contribution in [3.8, 4) is 0 Å². The summed E-state index contributed by atoms with van der Waals surface area (Å²) in [5.74, 6) is 1.31. The Morgan fingerprint density at radius 1 is 1.06 bits per heavy atom. The summed E-state index contributed by atoms with van der Waals surface area (Å²) < 4.78 is 40.7. The number of nitrogens with one attached hydrogen (secondary N) is 2. The molecule has 33 heavy (non-hydrogen) atoms. The number of aliphatic imine (C=N–C) groups is 1. The van der Waals surface area contributed by atoms with Gasteiger partial charge in [0.2, 0.25) is 0 Å². The van der Waals surface area contributed by atoms with Crippen LogP contribution < -0.4 is 10.6 Å². The highest BCUT2D eigenvalue weighted by Gasteiger charge is 2.30. The molecule has 0 radical (unpaired) electrons. The molecule has 1 unspecified atom stereocenters. The van der Waals surface area contributed by atoms with Gasteiger partial charge >= 0.3 is 6.18 Å². The van der Waals surface area contributed by atoms with Crippen molar-refractivity contribution in [3.63, 3.8) is 0 Å². The number of rotatable bonds is 8. The third-order valence-corrected chi connectivity index (χ3v) is 5.36. The van der Waals surface area contributed by atoms with Gasteiger partial charge in [-0.3, -0.25) is 14.3 Å². The Labute approximate surface area is 208 Å². The first-order chi connectivity index (χ1) is 15.4. The van der Waals surface area contributed by atoms with Crippen LogP contribution in [-0.4, -0.2) is 52.1 Å². The first kappa shape index (κ1) is 26.8. The van der Waals surface area contributed by atoms with Crippen molar-refractivity contribution in [2.45, 2.75) is 32.6 Å². The Bertz CT molecular complexity index is 1030. The van der Waals surface area contributed by atoms with E-state index in [1.165, 1.54) is 0 Å². The fraction of sp³-hybridized carbons (Fsp3) is 0.409. The lowest BCUT2D eigenvalue weighted by Crippen LogP contribution is -2.43. The minimum Gasteiger partial charge on any atom is -0.354 e. The highest BCUT2D eigenvalue weighted by Crippen LogP contribution is 2.30. The molecule has 1 aromatic carbocycles. The minimum absolute atomic E-state index is 0. The SMILES string of the molecule is CCN(CC)C(CNC(=NC)NCc1nnc2ccccn12)c1ccc(C(F)(F)F)cc1.I. The number of hydrogen-bond donors (Lipinski definition) is 2. The molecule has 3 aromatic rings. The summed E-state index contributed by atoms with van der Waals surface area (Å²) in [6, 6.07) is 10.9. The molecule has 0 fully saturated rings. The smallest absolute Gasteiger partial charge is 0.354 e. The maximum atomic E-state index is 13.0. The van der Waals surface area contributed by atoms with Gasteiger partial charge in [0.1, 0.15) is 0 Å². The molecule has 2 heterocycles. The summed E-state index contributed by atoms with van der Waals surface area (Å²) in [7, 11) is 1.67. The van der Waals surface area contributed by atoms with Crippen LogP contribution in [0.25, 0.3) is 5.65 Å². The second kappa shape index (κ2) is 12.2. The molecule has 2 aromatic heterocycles. The molecule has 1 atom stereocenters. The molecular weight excluding hydrogens is 546 g/mol. The Balaban J connectivity index is 0.00000385. The maximum Gasteiger partial charge on any atom is 0.416 e. The molecular formula is C22H29F3IN7. The third-order valence-electron chi connectivity index (χ3n) is 5.36. The fourth-order valence-electron chi connectivity index (χ4n) is 3.60. The molecule has 7 nitrogen and oxygen atoms in total. The first-order valence-corrected chi connectivity index (χ1v) is 10.5. The Morgan fingerprint density at radius 3 is 2.36 bits per heavy atom. The number of likely N-dealkylation sites (N-methyl/N-ethyl adjacent to an activating group) is 1. The summed E-state index contributed by atoms with van der Waals surface area (Å²) in [5.41, 5.74) is 0.926. The van der Waals surface area contributed by atoms with Gasteiger partial charge in [-0.05, 0) is 42.9 Å². The maximum absolute atomic E-state index is 13.0. The molecule has 0 bridgehead atoms. The van der Waals surface area contributed by atoms with Crippen LogP contribution in [0.3, 0.4) is 0 Å². The van der Waals surface area contributed by atoms with E-state index in [4.69, 9.17) is 0 Å². The number of aromatic nitrogens is 3. The highest BCUT2D eigenvalue weighted by atomic mass is 127. The lowest BCUT2D eigenvalue weighted by Gasteiger charge is -2.31. The number of nitrogens with zero attached hydrogens (tertiary/aromatic N) is 5. The Hall–Kier alpha value is -2.41. The van der Waals surface area contributed by atoms with Gasteiger partial charge in [-0.15, -0.1) is 34.2 Å². The van der Waals surface area contributed by atoms with Crippen molar-refractivity contribution < 1.29 is 13.2 Å². The van der Waals surface area contributed by atoms with Crippen molar-refractivity contribution in [1.29, 1.82) is 0 Å². The van der Waals surface area contributed by atoms with Gasteiger partial charge in [-0.25, -0.2) is 0 Å². The number of pyridine rings is 1. The molecule has 2 N–H and O–H groups in total. The van der Waals surface area contributed by atoms with Crippen LogP contribution >= 0.6 is 24.0 Å². The highest BCUT2D eigenvalue weighted by molar-refractivity contribution is 14.0. The van der Waals surface area contributed by atoms with Crippen LogP contribution in [0.2, 0.25) is 0 Å². The molecule has 0 saturated carbocycles. The number of alkyl halides is 3. The summed E-state index contributed by atoms with van der Waals surface area (Å²) >= 11 is 0. The third kappa shape index (κ3) is 6.79. The predicted molar refractivity (Wildman–Crippen MR) is 134 cm³/mol. The van der Waals surface area contributed by atoms with E-state index in [0.717, 1.165) is 42.3 Å². The lowest BCUT2D eigenvalue weighted by molar-refractivity contribution is -0.137. The van der Waals surface area contributed by atoms with Crippen molar-refractivity contribution in [1.82, 2.24) is 30.1 Å². The lowest BCUT2D eigenvalue weighted by atomic mass is 10.0. The van der Waals surface area contributed by atoms with Gasteiger partial charge in [0.05, 0.1) is 18.2 Å². The van der Waals surface area contributed by atoms with E-state index in [9.17, 15) is 13.2 Å². The van der Waals surface area contributed by atoms with Gasteiger partial charge in [0.25, 0.3) is 0 Å². The molecule has 0 saturated heterocycles. The van der Waals surface area contributed by atoms with Crippen molar-refractivity contribution in [2.24, 2.45) is 4.99 Å². The van der Waals surface area contributed by atoms with E-state index in [1.807, 2.05) is 42.6 Å². The van der Waals surface area contributed by atoms with E-state index in [0.29, 0.717) is 19.0 Å².